The fourth-order valence-corrected chi connectivity index (χ4v) is 2.86. The van der Waals surface area contributed by atoms with Crippen molar-refractivity contribution >= 4 is 5.91 Å². The number of carbonyl (C=O) groups is 1. The van der Waals surface area contributed by atoms with E-state index in [1.807, 2.05) is 0 Å². The van der Waals surface area contributed by atoms with E-state index in [1.165, 1.54) is 6.07 Å². The van der Waals surface area contributed by atoms with E-state index in [-0.39, 0.29) is 17.6 Å². The number of piperidine rings is 1. The Morgan fingerprint density at radius 3 is 2.91 bits per heavy atom. The Labute approximate surface area is 126 Å². The van der Waals surface area contributed by atoms with Gasteiger partial charge in [0.15, 0.2) is 0 Å². The minimum atomic E-state index is -0.467. The van der Waals surface area contributed by atoms with Crippen LogP contribution in [0.1, 0.15) is 40.6 Å². The van der Waals surface area contributed by atoms with Crippen molar-refractivity contribution in [2.75, 3.05) is 13.1 Å². The Balaban J connectivity index is 1.79. The van der Waals surface area contributed by atoms with Crippen LogP contribution in [0.25, 0.3) is 0 Å². The molecule has 1 aliphatic heterocycles. The average Bonchev–Trinajstić information content (AvgIpc) is 2.95. The number of aryl methyl sites for hydroxylation is 1. The summed E-state index contributed by atoms with van der Waals surface area (Å²) in [5.41, 5.74) is 0.958. The maximum absolute atomic E-state index is 13.9. The molecule has 0 radical (unpaired) electrons. The largest absolute Gasteiger partial charge is 0.351 e. The third kappa shape index (κ3) is 2.86. The summed E-state index contributed by atoms with van der Waals surface area (Å²) in [5.74, 6) is -1.20. The molecule has 2 aromatic rings. The first-order valence-corrected chi connectivity index (χ1v) is 7.22. The molecule has 4 nitrogen and oxygen atoms in total. The van der Waals surface area contributed by atoms with Gasteiger partial charge in [-0.15, -0.1) is 0 Å². The lowest BCUT2D eigenvalue weighted by Gasteiger charge is -2.32. The van der Waals surface area contributed by atoms with Gasteiger partial charge in [-0.1, -0.05) is 5.16 Å². The van der Waals surface area contributed by atoms with Crippen molar-refractivity contribution in [1.29, 1.82) is 0 Å². The van der Waals surface area contributed by atoms with Crippen molar-refractivity contribution in [3.63, 3.8) is 0 Å². The van der Waals surface area contributed by atoms with Crippen LogP contribution in [-0.2, 0) is 0 Å². The lowest BCUT2D eigenvalue weighted by Crippen LogP contribution is -2.39. The van der Waals surface area contributed by atoms with Gasteiger partial charge in [0.05, 0.1) is 5.69 Å². The molecule has 6 heteroatoms. The second-order valence-corrected chi connectivity index (χ2v) is 5.59. The highest BCUT2D eigenvalue weighted by atomic mass is 19.1. The van der Waals surface area contributed by atoms with Crippen molar-refractivity contribution in [3.8, 4) is 0 Å². The van der Waals surface area contributed by atoms with E-state index in [0.29, 0.717) is 24.3 Å². The van der Waals surface area contributed by atoms with Crippen LogP contribution in [-0.4, -0.2) is 29.1 Å². The molecule has 1 amide bonds. The van der Waals surface area contributed by atoms with E-state index in [0.717, 1.165) is 25.0 Å². The summed E-state index contributed by atoms with van der Waals surface area (Å²) in [5, 5.41) is 3.70. The van der Waals surface area contributed by atoms with Gasteiger partial charge in [0, 0.05) is 25.1 Å². The van der Waals surface area contributed by atoms with Crippen LogP contribution in [0.15, 0.2) is 28.8 Å². The Kier molecular flexibility index (Phi) is 3.92. The van der Waals surface area contributed by atoms with Gasteiger partial charge in [-0.05, 0) is 43.5 Å². The van der Waals surface area contributed by atoms with E-state index in [4.69, 9.17) is 4.52 Å². The van der Waals surface area contributed by atoms with Gasteiger partial charge in [0.25, 0.3) is 5.91 Å². The fourth-order valence-electron chi connectivity index (χ4n) is 2.86. The number of halogens is 2. The van der Waals surface area contributed by atoms with Crippen LogP contribution in [0.3, 0.4) is 0 Å². The summed E-state index contributed by atoms with van der Waals surface area (Å²) in [7, 11) is 0. The molecule has 1 aromatic heterocycles. The highest BCUT2D eigenvalue weighted by Gasteiger charge is 2.29. The molecule has 1 fully saturated rings. The van der Waals surface area contributed by atoms with Crippen molar-refractivity contribution in [1.82, 2.24) is 10.1 Å². The molecule has 1 unspecified atom stereocenters. The SMILES string of the molecule is Cc1cc(C(=O)N2CCCC(c3cc(F)ccc3F)C2)on1. The standard InChI is InChI=1S/C16H16F2N2O2/c1-10-7-15(22-19-10)16(21)20-6-2-3-11(9-20)13-8-12(17)4-5-14(13)18/h4-5,7-8,11H,2-3,6,9H2,1H3. The molecule has 22 heavy (non-hydrogen) atoms. The van der Waals surface area contributed by atoms with Gasteiger partial charge < -0.3 is 9.42 Å². The summed E-state index contributed by atoms with van der Waals surface area (Å²) in [4.78, 5) is 14.0. The van der Waals surface area contributed by atoms with E-state index in [2.05, 4.69) is 5.16 Å². The lowest BCUT2D eigenvalue weighted by atomic mass is 9.90. The number of benzene rings is 1. The fraction of sp³-hybridized carbons (Fsp3) is 0.375. The Morgan fingerprint density at radius 2 is 2.18 bits per heavy atom. The average molecular weight is 306 g/mol. The zero-order valence-electron chi connectivity index (χ0n) is 12.2. The molecule has 1 saturated heterocycles. The second-order valence-electron chi connectivity index (χ2n) is 5.59. The predicted octanol–water partition coefficient (Wildman–Crippen LogP) is 3.28. The van der Waals surface area contributed by atoms with Gasteiger partial charge >= 0.3 is 0 Å². The van der Waals surface area contributed by atoms with Gasteiger partial charge in [-0.2, -0.15) is 0 Å². The van der Waals surface area contributed by atoms with E-state index in [9.17, 15) is 13.6 Å². The molecule has 2 heterocycles. The first-order valence-electron chi connectivity index (χ1n) is 7.22. The molecular weight excluding hydrogens is 290 g/mol. The summed E-state index contributed by atoms with van der Waals surface area (Å²) in [6.45, 7) is 2.66. The molecular formula is C16H16F2N2O2. The summed E-state index contributed by atoms with van der Waals surface area (Å²) < 4.78 is 32.3. The number of nitrogens with zero attached hydrogens (tertiary/aromatic N) is 2. The first kappa shape index (κ1) is 14.7. The molecule has 0 spiro atoms. The number of hydrogen-bond donors (Lipinski definition) is 0. The lowest BCUT2D eigenvalue weighted by molar-refractivity contribution is 0.0663. The first-order chi connectivity index (χ1) is 10.5. The molecule has 1 aromatic carbocycles. The summed E-state index contributed by atoms with van der Waals surface area (Å²) in [6, 6.07) is 5.02. The monoisotopic (exact) mass is 306 g/mol. The summed E-state index contributed by atoms with van der Waals surface area (Å²) in [6.07, 6.45) is 1.46. The van der Waals surface area contributed by atoms with Gasteiger partial charge in [-0.3, -0.25) is 4.79 Å². The van der Waals surface area contributed by atoms with Crippen molar-refractivity contribution in [2.45, 2.75) is 25.7 Å². The van der Waals surface area contributed by atoms with E-state index in [1.54, 1.807) is 17.9 Å². The number of rotatable bonds is 2. The number of amides is 1. The van der Waals surface area contributed by atoms with Crippen molar-refractivity contribution in [2.24, 2.45) is 0 Å². The summed E-state index contributed by atoms with van der Waals surface area (Å²) >= 11 is 0. The molecule has 0 saturated carbocycles. The predicted molar refractivity (Wildman–Crippen MR) is 75.5 cm³/mol. The number of hydrogen-bond acceptors (Lipinski definition) is 3. The van der Waals surface area contributed by atoms with E-state index < -0.39 is 11.6 Å². The normalized spacial score (nSPS) is 18.5. The van der Waals surface area contributed by atoms with Crippen LogP contribution in [0.4, 0.5) is 8.78 Å². The topological polar surface area (TPSA) is 46.3 Å². The maximum Gasteiger partial charge on any atom is 0.292 e. The quantitative estimate of drug-likeness (QED) is 0.855. The number of aromatic nitrogens is 1. The third-order valence-electron chi connectivity index (χ3n) is 3.95. The maximum atomic E-state index is 13.9. The Hall–Kier alpha value is -2.24. The van der Waals surface area contributed by atoms with Gasteiger partial charge in [0.2, 0.25) is 5.76 Å². The minimum Gasteiger partial charge on any atom is -0.351 e. The van der Waals surface area contributed by atoms with Crippen LogP contribution >= 0.6 is 0 Å². The molecule has 116 valence electrons. The highest BCUT2D eigenvalue weighted by Crippen LogP contribution is 2.30. The molecule has 1 aliphatic rings. The molecule has 1 atom stereocenters. The van der Waals surface area contributed by atoms with Crippen LogP contribution in [0, 0.1) is 18.6 Å². The van der Waals surface area contributed by atoms with Crippen molar-refractivity contribution < 1.29 is 18.1 Å². The molecule has 0 N–H and O–H groups in total. The highest BCUT2D eigenvalue weighted by molar-refractivity contribution is 5.91. The van der Waals surface area contributed by atoms with Crippen LogP contribution in [0.5, 0.6) is 0 Å². The van der Waals surface area contributed by atoms with E-state index >= 15 is 0 Å². The molecule has 0 aliphatic carbocycles. The Bertz CT molecular complexity index is 699. The smallest absolute Gasteiger partial charge is 0.292 e. The third-order valence-corrected chi connectivity index (χ3v) is 3.95. The van der Waals surface area contributed by atoms with Crippen LogP contribution < -0.4 is 0 Å². The second kappa shape index (κ2) is 5.87. The number of carbonyl (C=O) groups excluding carboxylic acids is 1. The zero-order chi connectivity index (χ0) is 15.7. The molecule has 3 rings (SSSR count). The van der Waals surface area contributed by atoms with Crippen LogP contribution in [0.2, 0.25) is 0 Å². The van der Waals surface area contributed by atoms with Gasteiger partial charge in [0.1, 0.15) is 11.6 Å². The van der Waals surface area contributed by atoms with Gasteiger partial charge in [-0.25, -0.2) is 8.78 Å². The molecule has 0 bridgehead atoms. The minimum absolute atomic E-state index is 0.179. The van der Waals surface area contributed by atoms with Crippen molar-refractivity contribution in [3.05, 3.63) is 52.9 Å². The number of likely N-dealkylation sites (tertiary alicyclic amines) is 1. The zero-order valence-corrected chi connectivity index (χ0v) is 12.2. The Morgan fingerprint density at radius 1 is 1.36 bits per heavy atom.